The SMILES string of the molecule is Cc1cn([C@H](CO)C(C)(C)C)c2nc(N)c(Cc3cccc(Cl)c3F)cc2c1=O. The molecule has 1 atom stereocenters. The Balaban J connectivity index is 2.23. The monoisotopic (exact) mass is 417 g/mol. The lowest BCUT2D eigenvalue weighted by atomic mass is 9.86. The molecular weight excluding hydrogens is 393 g/mol. The van der Waals surface area contributed by atoms with Gasteiger partial charge in [-0.2, -0.15) is 0 Å². The van der Waals surface area contributed by atoms with Crippen LogP contribution in [0.5, 0.6) is 0 Å². The molecule has 0 aliphatic carbocycles. The summed E-state index contributed by atoms with van der Waals surface area (Å²) in [5, 5.41) is 10.4. The molecule has 3 rings (SSSR count). The van der Waals surface area contributed by atoms with E-state index >= 15 is 0 Å². The van der Waals surface area contributed by atoms with E-state index in [1.54, 1.807) is 31.3 Å². The van der Waals surface area contributed by atoms with Gasteiger partial charge in [-0.25, -0.2) is 9.37 Å². The number of aliphatic hydroxyl groups excluding tert-OH is 1. The number of rotatable bonds is 4. The molecular formula is C22H25ClFN3O2. The maximum atomic E-state index is 14.3. The highest BCUT2D eigenvalue weighted by atomic mass is 35.5. The van der Waals surface area contributed by atoms with Crippen LogP contribution in [0, 0.1) is 18.2 Å². The lowest BCUT2D eigenvalue weighted by molar-refractivity contribution is 0.139. The Labute approximate surface area is 174 Å². The smallest absolute Gasteiger partial charge is 0.193 e. The zero-order chi connectivity index (χ0) is 21.5. The van der Waals surface area contributed by atoms with Crippen LogP contribution in [0.1, 0.15) is 43.5 Å². The summed E-state index contributed by atoms with van der Waals surface area (Å²) in [6.45, 7) is 7.63. The van der Waals surface area contributed by atoms with Gasteiger partial charge >= 0.3 is 0 Å². The van der Waals surface area contributed by atoms with Crippen LogP contribution in [0.15, 0.2) is 35.3 Å². The molecule has 3 aromatic rings. The zero-order valence-electron chi connectivity index (χ0n) is 17.0. The predicted octanol–water partition coefficient (Wildman–Crippen LogP) is 4.25. The summed E-state index contributed by atoms with van der Waals surface area (Å²) < 4.78 is 16.1. The van der Waals surface area contributed by atoms with Crippen LogP contribution in [0.4, 0.5) is 10.2 Å². The van der Waals surface area contributed by atoms with Crippen LogP contribution in [-0.4, -0.2) is 21.3 Å². The molecule has 0 bridgehead atoms. The lowest BCUT2D eigenvalue weighted by Crippen LogP contribution is -2.30. The van der Waals surface area contributed by atoms with Gasteiger partial charge < -0.3 is 15.4 Å². The van der Waals surface area contributed by atoms with Gasteiger partial charge in [-0.1, -0.05) is 44.5 Å². The number of benzene rings is 1. The number of aliphatic hydroxyl groups is 1. The number of pyridine rings is 2. The van der Waals surface area contributed by atoms with Crippen molar-refractivity contribution in [3.05, 3.63) is 68.2 Å². The van der Waals surface area contributed by atoms with E-state index in [0.29, 0.717) is 27.7 Å². The summed E-state index contributed by atoms with van der Waals surface area (Å²) in [6, 6.07) is 6.14. The number of nitrogens with two attached hydrogens (primary N) is 1. The van der Waals surface area contributed by atoms with Gasteiger partial charge in [0.05, 0.1) is 23.1 Å². The lowest BCUT2D eigenvalue weighted by Gasteiger charge is -2.32. The van der Waals surface area contributed by atoms with E-state index in [4.69, 9.17) is 17.3 Å². The molecule has 2 heterocycles. The molecule has 0 spiro atoms. The minimum atomic E-state index is -0.511. The quantitative estimate of drug-likeness (QED) is 0.664. The highest BCUT2D eigenvalue weighted by molar-refractivity contribution is 6.30. The minimum absolute atomic E-state index is 0.0315. The fourth-order valence-electron chi connectivity index (χ4n) is 3.51. The Hall–Kier alpha value is -2.44. The summed E-state index contributed by atoms with van der Waals surface area (Å²) >= 11 is 5.88. The van der Waals surface area contributed by atoms with Gasteiger partial charge in [0.15, 0.2) is 5.43 Å². The maximum Gasteiger partial charge on any atom is 0.193 e. The number of anilines is 1. The molecule has 0 aliphatic heterocycles. The Kier molecular flexibility index (Phi) is 5.70. The normalized spacial score (nSPS) is 13.1. The Bertz CT molecular complexity index is 1140. The van der Waals surface area contributed by atoms with Crippen molar-refractivity contribution in [1.82, 2.24) is 9.55 Å². The van der Waals surface area contributed by atoms with Crippen molar-refractivity contribution in [1.29, 1.82) is 0 Å². The molecule has 5 nitrogen and oxygen atoms in total. The van der Waals surface area contributed by atoms with E-state index in [1.807, 2.05) is 25.3 Å². The fourth-order valence-corrected chi connectivity index (χ4v) is 3.71. The number of aryl methyl sites for hydroxylation is 1. The zero-order valence-corrected chi connectivity index (χ0v) is 17.7. The summed E-state index contributed by atoms with van der Waals surface area (Å²) in [5.74, 6) is -0.303. The Morgan fingerprint density at radius 1 is 1.31 bits per heavy atom. The summed E-state index contributed by atoms with van der Waals surface area (Å²) in [4.78, 5) is 17.3. The van der Waals surface area contributed by atoms with E-state index in [-0.39, 0.29) is 40.8 Å². The van der Waals surface area contributed by atoms with Gasteiger partial charge in [-0.05, 0) is 35.6 Å². The molecule has 0 unspecified atom stereocenters. The number of halogens is 2. The number of nitrogen functional groups attached to an aromatic ring is 1. The largest absolute Gasteiger partial charge is 0.394 e. The van der Waals surface area contributed by atoms with Crippen LogP contribution in [0.3, 0.4) is 0 Å². The van der Waals surface area contributed by atoms with Crippen molar-refractivity contribution in [2.24, 2.45) is 5.41 Å². The van der Waals surface area contributed by atoms with Gasteiger partial charge in [0.1, 0.15) is 17.3 Å². The first-order valence-electron chi connectivity index (χ1n) is 9.39. The molecule has 0 saturated heterocycles. The number of fused-ring (bicyclic) bond motifs is 1. The number of nitrogens with zero attached hydrogens (tertiary/aromatic N) is 2. The van der Waals surface area contributed by atoms with Gasteiger partial charge in [0, 0.05) is 18.2 Å². The fraction of sp³-hybridized carbons (Fsp3) is 0.364. The molecule has 0 amide bonds. The summed E-state index contributed by atoms with van der Waals surface area (Å²) in [7, 11) is 0. The molecule has 0 fully saturated rings. The highest BCUT2D eigenvalue weighted by Gasteiger charge is 2.27. The standard InChI is InChI=1S/C22H25ClFN3O2/c1-12-10-27(17(11-28)22(2,3)4)21-15(19(12)29)9-14(20(25)26-21)8-13-6-5-7-16(23)18(13)24/h5-7,9-10,17,28H,8,11H2,1-4H3,(H2,25,26)/t17-/m1/s1. The minimum Gasteiger partial charge on any atom is -0.394 e. The molecule has 7 heteroatoms. The van der Waals surface area contributed by atoms with Crippen molar-refractivity contribution in [2.45, 2.75) is 40.2 Å². The van der Waals surface area contributed by atoms with Gasteiger partial charge in [0.25, 0.3) is 0 Å². The summed E-state index contributed by atoms with van der Waals surface area (Å²) in [6.07, 6.45) is 1.87. The third-order valence-corrected chi connectivity index (χ3v) is 5.51. The third-order valence-electron chi connectivity index (χ3n) is 5.22. The Morgan fingerprint density at radius 2 is 2.00 bits per heavy atom. The van der Waals surface area contributed by atoms with Crippen molar-refractivity contribution in [3.63, 3.8) is 0 Å². The van der Waals surface area contributed by atoms with Gasteiger partial charge in [0.2, 0.25) is 0 Å². The summed E-state index contributed by atoms with van der Waals surface area (Å²) in [5.41, 5.74) is 7.61. The average Bonchev–Trinajstić information content (AvgIpc) is 2.63. The topological polar surface area (TPSA) is 81.1 Å². The second-order valence-electron chi connectivity index (χ2n) is 8.41. The van der Waals surface area contributed by atoms with Gasteiger partial charge in [-0.15, -0.1) is 0 Å². The van der Waals surface area contributed by atoms with Crippen LogP contribution in [0.2, 0.25) is 5.02 Å². The third kappa shape index (κ3) is 4.00. The van der Waals surface area contributed by atoms with Crippen molar-refractivity contribution in [2.75, 3.05) is 12.3 Å². The van der Waals surface area contributed by atoms with Crippen molar-refractivity contribution in [3.8, 4) is 0 Å². The number of hydrogen-bond acceptors (Lipinski definition) is 4. The van der Waals surface area contributed by atoms with Crippen LogP contribution in [-0.2, 0) is 6.42 Å². The highest BCUT2D eigenvalue weighted by Crippen LogP contribution is 2.33. The molecule has 0 saturated carbocycles. The van der Waals surface area contributed by atoms with Crippen molar-refractivity contribution < 1.29 is 9.50 Å². The maximum absolute atomic E-state index is 14.3. The number of aromatic nitrogens is 2. The molecule has 29 heavy (non-hydrogen) atoms. The second-order valence-corrected chi connectivity index (χ2v) is 8.81. The first-order chi connectivity index (χ1) is 13.5. The van der Waals surface area contributed by atoms with E-state index < -0.39 is 5.82 Å². The molecule has 3 N–H and O–H groups in total. The van der Waals surface area contributed by atoms with E-state index in [0.717, 1.165) is 0 Å². The number of hydrogen-bond donors (Lipinski definition) is 2. The van der Waals surface area contributed by atoms with E-state index in [1.165, 1.54) is 6.07 Å². The van der Waals surface area contributed by atoms with E-state index in [2.05, 4.69) is 4.98 Å². The average molecular weight is 418 g/mol. The first kappa shape index (κ1) is 21.3. The molecule has 154 valence electrons. The van der Waals surface area contributed by atoms with Crippen molar-refractivity contribution >= 4 is 28.5 Å². The second kappa shape index (κ2) is 7.76. The molecule has 0 radical (unpaired) electrons. The predicted molar refractivity (Wildman–Crippen MR) is 115 cm³/mol. The van der Waals surface area contributed by atoms with Crippen LogP contribution < -0.4 is 11.2 Å². The molecule has 1 aromatic carbocycles. The Morgan fingerprint density at radius 3 is 2.62 bits per heavy atom. The van der Waals surface area contributed by atoms with Gasteiger partial charge in [-0.3, -0.25) is 4.79 Å². The molecule has 0 aliphatic rings. The molecule has 2 aromatic heterocycles. The van der Waals surface area contributed by atoms with E-state index in [9.17, 15) is 14.3 Å². The first-order valence-corrected chi connectivity index (χ1v) is 9.77. The van der Waals surface area contributed by atoms with Crippen LogP contribution in [0.25, 0.3) is 11.0 Å². The van der Waals surface area contributed by atoms with Crippen LogP contribution >= 0.6 is 11.6 Å².